The van der Waals surface area contributed by atoms with Gasteiger partial charge in [0.1, 0.15) is 0 Å². The van der Waals surface area contributed by atoms with Crippen LogP contribution < -0.4 is 0 Å². The molecule has 3 rings (SSSR count). The zero-order valence-electron chi connectivity index (χ0n) is 17.9. The topological polar surface area (TPSA) is 107 Å². The van der Waals surface area contributed by atoms with Gasteiger partial charge in [-0.15, -0.1) is 0 Å². The molecule has 2 atom stereocenters. The summed E-state index contributed by atoms with van der Waals surface area (Å²) in [5, 5.41) is 16.6. The Morgan fingerprint density at radius 3 is 2.26 bits per heavy atom. The van der Waals surface area contributed by atoms with E-state index in [9.17, 15) is 27.9 Å². The van der Waals surface area contributed by atoms with Crippen molar-refractivity contribution in [3.63, 3.8) is 0 Å². The third kappa shape index (κ3) is 5.88. The number of halogens is 3. The van der Waals surface area contributed by atoms with Crippen LogP contribution in [0.2, 0.25) is 0 Å². The van der Waals surface area contributed by atoms with Crippen LogP contribution in [0.4, 0.5) is 13.2 Å². The van der Waals surface area contributed by atoms with Gasteiger partial charge in [0.15, 0.2) is 0 Å². The van der Waals surface area contributed by atoms with E-state index in [-0.39, 0.29) is 29.8 Å². The second kappa shape index (κ2) is 10.2. The van der Waals surface area contributed by atoms with E-state index in [0.717, 1.165) is 39.0 Å². The van der Waals surface area contributed by atoms with Gasteiger partial charge in [-0.25, -0.2) is 4.79 Å². The first-order valence-corrected chi connectivity index (χ1v) is 10.6. The first kappa shape index (κ1) is 25.4. The van der Waals surface area contributed by atoms with Gasteiger partial charge < -0.3 is 24.7 Å². The van der Waals surface area contributed by atoms with E-state index in [4.69, 9.17) is 14.6 Å². The summed E-state index contributed by atoms with van der Waals surface area (Å²) in [6.45, 7) is 8.25. The van der Waals surface area contributed by atoms with Gasteiger partial charge in [-0.05, 0) is 39.2 Å². The average molecular weight is 452 g/mol. The number of aliphatic hydroxyl groups excluding tert-OH is 1. The van der Waals surface area contributed by atoms with Crippen LogP contribution in [0.1, 0.15) is 39.5 Å². The van der Waals surface area contributed by atoms with Crippen molar-refractivity contribution in [1.82, 2.24) is 9.80 Å². The van der Waals surface area contributed by atoms with E-state index < -0.39 is 17.6 Å². The van der Waals surface area contributed by atoms with Crippen molar-refractivity contribution in [1.29, 1.82) is 0 Å². The van der Waals surface area contributed by atoms with Gasteiger partial charge in [0.2, 0.25) is 5.91 Å². The molecule has 1 saturated carbocycles. The molecular formula is C20H31F3N2O6. The molecule has 0 radical (unpaired) electrons. The number of likely N-dealkylation sites (tertiary alicyclic amines) is 2. The number of alkyl halides is 3. The SMILES string of the molecule is CCOC(=O)[C@]12CCCN(C(=O)C3CC(O)C3)C[C@H]1CN(CC)C2.O=C(O)C(F)(F)F. The minimum atomic E-state index is -5.08. The molecule has 1 aliphatic carbocycles. The lowest BCUT2D eigenvalue weighted by Gasteiger charge is -2.36. The first-order chi connectivity index (χ1) is 14.4. The van der Waals surface area contributed by atoms with E-state index in [2.05, 4.69) is 11.8 Å². The molecule has 2 N–H and O–H groups in total. The molecule has 0 aromatic carbocycles. The third-order valence-corrected chi connectivity index (χ3v) is 6.40. The lowest BCUT2D eigenvalue weighted by Crippen LogP contribution is -2.47. The summed E-state index contributed by atoms with van der Waals surface area (Å²) < 4.78 is 37.2. The van der Waals surface area contributed by atoms with Crippen molar-refractivity contribution in [3.8, 4) is 0 Å². The molecule has 0 bridgehead atoms. The Hall–Kier alpha value is -1.88. The largest absolute Gasteiger partial charge is 0.490 e. The molecule has 3 aliphatic rings. The summed E-state index contributed by atoms with van der Waals surface area (Å²) in [6, 6.07) is 0. The fourth-order valence-electron chi connectivity index (χ4n) is 4.63. The molecule has 2 aliphatic heterocycles. The number of carbonyl (C=O) groups excluding carboxylic acids is 2. The Kier molecular flexibility index (Phi) is 8.32. The number of esters is 1. The Balaban J connectivity index is 0.000000423. The molecule has 31 heavy (non-hydrogen) atoms. The molecule has 0 unspecified atom stereocenters. The molecule has 0 aromatic heterocycles. The van der Waals surface area contributed by atoms with E-state index >= 15 is 0 Å². The normalized spacial score (nSPS) is 30.9. The molecule has 0 aromatic rings. The van der Waals surface area contributed by atoms with Crippen LogP contribution in [0.15, 0.2) is 0 Å². The monoisotopic (exact) mass is 452 g/mol. The lowest BCUT2D eigenvalue weighted by atomic mass is 9.75. The first-order valence-electron chi connectivity index (χ1n) is 10.6. The maximum atomic E-state index is 12.8. The van der Waals surface area contributed by atoms with Gasteiger partial charge in [-0.1, -0.05) is 6.92 Å². The second-order valence-corrected chi connectivity index (χ2v) is 8.41. The summed E-state index contributed by atoms with van der Waals surface area (Å²) in [7, 11) is 0. The van der Waals surface area contributed by atoms with Gasteiger partial charge >= 0.3 is 18.1 Å². The maximum Gasteiger partial charge on any atom is 0.490 e. The van der Waals surface area contributed by atoms with E-state index in [1.807, 2.05) is 11.8 Å². The molecule has 2 saturated heterocycles. The summed E-state index contributed by atoms with van der Waals surface area (Å²) >= 11 is 0. The lowest BCUT2D eigenvalue weighted by molar-refractivity contribution is -0.192. The number of amides is 1. The van der Waals surface area contributed by atoms with Gasteiger partial charge in [0.25, 0.3) is 0 Å². The maximum absolute atomic E-state index is 12.8. The number of hydrogen-bond donors (Lipinski definition) is 2. The van der Waals surface area contributed by atoms with Gasteiger partial charge in [0, 0.05) is 38.0 Å². The van der Waals surface area contributed by atoms with Crippen molar-refractivity contribution in [2.24, 2.45) is 17.3 Å². The second-order valence-electron chi connectivity index (χ2n) is 8.41. The highest BCUT2D eigenvalue weighted by Gasteiger charge is 2.54. The number of carboxylic acid groups (broad SMARTS) is 1. The number of nitrogens with zero attached hydrogens (tertiary/aromatic N) is 2. The molecule has 1 amide bonds. The standard InChI is InChI=1S/C18H30N2O4.C2HF3O2/c1-3-19-10-14-11-20(16(22)13-8-15(21)9-13)7-5-6-18(14,12-19)17(23)24-4-2;3-2(4,5)1(6)7/h13-15,21H,3-12H2,1-2H3;(H,6,7)/t13?,14-,15?,18+;/m1./s1. The van der Waals surface area contributed by atoms with E-state index in [1.165, 1.54) is 0 Å². The van der Waals surface area contributed by atoms with Crippen LogP contribution in [0, 0.1) is 17.3 Å². The van der Waals surface area contributed by atoms with Crippen molar-refractivity contribution in [2.75, 3.05) is 39.3 Å². The molecular weight excluding hydrogens is 421 g/mol. The third-order valence-electron chi connectivity index (χ3n) is 6.40. The quantitative estimate of drug-likeness (QED) is 0.623. The highest BCUT2D eigenvalue weighted by atomic mass is 19.4. The average Bonchev–Trinajstić information content (AvgIpc) is 2.93. The molecule has 11 heteroatoms. The Morgan fingerprint density at radius 1 is 1.16 bits per heavy atom. The molecule has 2 heterocycles. The van der Waals surface area contributed by atoms with E-state index in [0.29, 0.717) is 26.0 Å². The van der Waals surface area contributed by atoms with Crippen LogP contribution in [-0.4, -0.2) is 89.5 Å². The Labute approximate surface area is 179 Å². The smallest absolute Gasteiger partial charge is 0.475 e. The Bertz CT molecular complexity index is 668. The molecule has 0 spiro atoms. The fraction of sp³-hybridized carbons (Fsp3) is 0.850. The van der Waals surface area contributed by atoms with Crippen LogP contribution in [0.3, 0.4) is 0 Å². The van der Waals surface area contributed by atoms with Crippen LogP contribution in [-0.2, 0) is 19.1 Å². The van der Waals surface area contributed by atoms with Crippen molar-refractivity contribution in [3.05, 3.63) is 0 Å². The number of fused-ring (bicyclic) bond motifs is 1. The number of aliphatic carboxylic acids is 1. The molecule has 3 fully saturated rings. The van der Waals surface area contributed by atoms with Crippen LogP contribution in [0.5, 0.6) is 0 Å². The Morgan fingerprint density at radius 2 is 1.77 bits per heavy atom. The molecule has 178 valence electrons. The number of ether oxygens (including phenoxy) is 1. The molecule has 8 nitrogen and oxygen atoms in total. The van der Waals surface area contributed by atoms with Gasteiger partial charge in [-0.3, -0.25) is 9.59 Å². The summed E-state index contributed by atoms with van der Waals surface area (Å²) in [5.74, 6) is -2.56. The minimum absolute atomic E-state index is 0.0289. The zero-order valence-corrected chi connectivity index (χ0v) is 17.9. The van der Waals surface area contributed by atoms with Crippen LogP contribution in [0.25, 0.3) is 0 Å². The van der Waals surface area contributed by atoms with Crippen molar-refractivity contribution in [2.45, 2.75) is 51.8 Å². The number of hydrogen-bond acceptors (Lipinski definition) is 6. The van der Waals surface area contributed by atoms with E-state index in [1.54, 1.807) is 0 Å². The number of carboxylic acids is 1. The van der Waals surface area contributed by atoms with Gasteiger partial charge in [0.05, 0.1) is 18.1 Å². The summed E-state index contributed by atoms with van der Waals surface area (Å²) in [5.41, 5.74) is -0.458. The van der Waals surface area contributed by atoms with Crippen molar-refractivity contribution >= 4 is 17.8 Å². The van der Waals surface area contributed by atoms with Gasteiger partial charge in [-0.2, -0.15) is 13.2 Å². The predicted molar refractivity (Wildman–Crippen MR) is 103 cm³/mol. The number of carbonyl (C=O) groups is 3. The van der Waals surface area contributed by atoms with Crippen molar-refractivity contribution < 1.29 is 42.5 Å². The fourth-order valence-corrected chi connectivity index (χ4v) is 4.63. The highest BCUT2D eigenvalue weighted by molar-refractivity contribution is 5.81. The highest BCUT2D eigenvalue weighted by Crippen LogP contribution is 2.44. The van der Waals surface area contributed by atoms with Crippen LogP contribution >= 0.6 is 0 Å². The zero-order chi connectivity index (χ0) is 23.4. The summed E-state index contributed by atoms with van der Waals surface area (Å²) in [4.78, 5) is 38.6. The number of aliphatic hydroxyl groups is 1. The summed E-state index contributed by atoms with van der Waals surface area (Å²) in [6.07, 6.45) is -2.58. The minimum Gasteiger partial charge on any atom is -0.475 e. The number of rotatable bonds is 4. The predicted octanol–water partition coefficient (Wildman–Crippen LogP) is 1.51.